The van der Waals surface area contributed by atoms with Crippen LogP contribution in [-0.4, -0.2) is 20.7 Å². The summed E-state index contributed by atoms with van der Waals surface area (Å²) in [4.78, 5) is 24.4. The van der Waals surface area contributed by atoms with Gasteiger partial charge in [-0.15, -0.1) is 0 Å². The SMILES string of the molecule is O=P(O)(O)OP(=O)(O)OCCl.[H-].[H-].[Na+].[Na+]. The molecule has 0 bridgehead atoms. The molecule has 1 atom stereocenters. The fourth-order valence-electron chi connectivity index (χ4n) is 0.220. The van der Waals surface area contributed by atoms with Crippen LogP contribution in [0.3, 0.4) is 0 Å². The number of halogens is 1. The van der Waals surface area contributed by atoms with E-state index in [9.17, 15) is 9.13 Å². The summed E-state index contributed by atoms with van der Waals surface area (Å²) in [5.74, 6) is 0. The van der Waals surface area contributed by atoms with Crippen molar-refractivity contribution in [2.75, 3.05) is 6.07 Å². The second kappa shape index (κ2) is 8.67. The summed E-state index contributed by atoms with van der Waals surface area (Å²) in [5, 5.41) is 0. The monoisotopic (exact) mass is 274 g/mol. The van der Waals surface area contributed by atoms with Gasteiger partial charge in [-0.05, 0) is 0 Å². The van der Waals surface area contributed by atoms with Gasteiger partial charge in [0.05, 0.1) is 0 Å². The molecule has 1 unspecified atom stereocenters. The van der Waals surface area contributed by atoms with Gasteiger partial charge in [-0.25, -0.2) is 9.13 Å². The van der Waals surface area contributed by atoms with Gasteiger partial charge in [0.15, 0.2) is 0 Å². The van der Waals surface area contributed by atoms with Gasteiger partial charge >= 0.3 is 74.8 Å². The predicted octanol–water partition coefficient (Wildman–Crippen LogP) is -5.36. The third kappa shape index (κ3) is 14.6. The Labute approximate surface area is 127 Å². The quantitative estimate of drug-likeness (QED) is 0.266. The molecule has 0 aliphatic heterocycles. The molecular weight excluding hydrogens is 267 g/mol. The summed E-state index contributed by atoms with van der Waals surface area (Å²) in [6.45, 7) is 0. The third-order valence-electron chi connectivity index (χ3n) is 0.421. The molecule has 0 spiro atoms. The van der Waals surface area contributed by atoms with Crippen molar-refractivity contribution in [3.05, 3.63) is 0 Å². The Kier molecular flexibility index (Phi) is 13.9. The van der Waals surface area contributed by atoms with E-state index >= 15 is 0 Å². The molecule has 7 nitrogen and oxygen atoms in total. The van der Waals surface area contributed by atoms with Crippen LogP contribution < -0.4 is 59.1 Å². The standard InChI is InChI=1S/CH5ClO7P2.2Na.2H/c2-1-8-11(6,7)9-10(3,4)5;;;;/h1H2,(H,6,7)(H2,3,4,5);;;;/q;2*+1;2*-1. The number of hydrogen-bond donors (Lipinski definition) is 3. The summed E-state index contributed by atoms with van der Waals surface area (Å²) < 4.78 is 27.4. The summed E-state index contributed by atoms with van der Waals surface area (Å²) in [7, 11) is -9.72. The molecule has 3 N–H and O–H groups in total. The van der Waals surface area contributed by atoms with Crippen molar-refractivity contribution in [1.29, 1.82) is 0 Å². The van der Waals surface area contributed by atoms with Crippen LogP contribution >= 0.6 is 27.2 Å². The van der Waals surface area contributed by atoms with Crippen molar-refractivity contribution in [3.63, 3.8) is 0 Å². The zero-order chi connectivity index (χ0) is 9.12. The zero-order valence-electron chi connectivity index (χ0n) is 8.95. The topological polar surface area (TPSA) is 113 Å². The molecule has 0 aromatic rings. The molecule has 0 heterocycles. The Balaban J connectivity index is -0.0000000833. The molecule has 0 radical (unpaired) electrons. The number of alkyl halides is 1. The van der Waals surface area contributed by atoms with Crippen LogP contribution in [0.1, 0.15) is 2.85 Å². The predicted molar refractivity (Wildman–Crippen MR) is 37.0 cm³/mol. The zero-order valence-corrected chi connectivity index (χ0v) is 13.5. The number of rotatable bonds is 4. The van der Waals surface area contributed by atoms with Crippen molar-refractivity contribution in [3.8, 4) is 0 Å². The maximum absolute atomic E-state index is 10.4. The summed E-state index contributed by atoms with van der Waals surface area (Å²) in [5.41, 5.74) is 0. The summed E-state index contributed by atoms with van der Waals surface area (Å²) >= 11 is 4.83. The number of hydrogen-bond acceptors (Lipinski definition) is 4. The molecule has 12 heteroatoms. The minimum absolute atomic E-state index is 0. The first kappa shape index (κ1) is 20.9. The van der Waals surface area contributed by atoms with Gasteiger partial charge in [-0.2, -0.15) is 4.31 Å². The Morgan fingerprint density at radius 3 is 1.85 bits per heavy atom. The van der Waals surface area contributed by atoms with Crippen LogP contribution in [0.5, 0.6) is 0 Å². The number of phosphoric acid groups is 2. The Morgan fingerprint density at radius 2 is 1.62 bits per heavy atom. The van der Waals surface area contributed by atoms with Crippen molar-refractivity contribution in [2.24, 2.45) is 0 Å². The average Bonchev–Trinajstić information content (AvgIpc) is 1.55. The Morgan fingerprint density at radius 1 is 1.23 bits per heavy atom. The molecule has 13 heavy (non-hydrogen) atoms. The Bertz CT molecular complexity index is 223. The van der Waals surface area contributed by atoms with E-state index in [-0.39, 0.29) is 62.0 Å². The normalized spacial score (nSPS) is 15.1. The van der Waals surface area contributed by atoms with Crippen LogP contribution in [0, 0.1) is 0 Å². The van der Waals surface area contributed by atoms with Gasteiger partial charge < -0.3 is 17.5 Å². The average molecular weight is 274 g/mol. The first-order chi connectivity index (χ1) is 4.77. The molecule has 0 aromatic heterocycles. The fourth-order valence-corrected chi connectivity index (χ4v) is 1.98. The first-order valence-corrected chi connectivity index (χ1v) is 5.63. The second-order valence-electron chi connectivity index (χ2n) is 1.28. The van der Waals surface area contributed by atoms with Gasteiger partial charge in [-0.1, -0.05) is 11.6 Å². The van der Waals surface area contributed by atoms with E-state index in [0.717, 1.165) is 0 Å². The first-order valence-electron chi connectivity index (χ1n) is 2.07. The van der Waals surface area contributed by atoms with Crippen LogP contribution in [0.15, 0.2) is 0 Å². The van der Waals surface area contributed by atoms with E-state index in [1.54, 1.807) is 0 Å². The largest absolute Gasteiger partial charge is 1.00 e. The van der Waals surface area contributed by atoms with Crippen molar-refractivity contribution in [1.82, 2.24) is 0 Å². The van der Waals surface area contributed by atoms with Crippen molar-refractivity contribution in [2.45, 2.75) is 0 Å². The molecule has 0 fully saturated rings. The van der Waals surface area contributed by atoms with E-state index in [1.165, 1.54) is 0 Å². The van der Waals surface area contributed by atoms with Crippen LogP contribution in [0.25, 0.3) is 0 Å². The maximum Gasteiger partial charge on any atom is 1.00 e. The van der Waals surface area contributed by atoms with E-state index in [1.807, 2.05) is 0 Å². The van der Waals surface area contributed by atoms with Gasteiger partial charge in [0.1, 0.15) is 6.07 Å². The molecule has 0 aromatic carbocycles. The molecular formula is CH7ClNa2O7P2. The maximum atomic E-state index is 10.4. The van der Waals surface area contributed by atoms with Gasteiger partial charge in [0, 0.05) is 0 Å². The van der Waals surface area contributed by atoms with Crippen LogP contribution in [-0.2, 0) is 18.0 Å². The van der Waals surface area contributed by atoms with Crippen molar-refractivity contribution >= 4 is 27.2 Å². The molecule has 0 amide bonds. The molecule has 0 aliphatic rings. The van der Waals surface area contributed by atoms with Crippen molar-refractivity contribution < 1.29 is 94.6 Å². The van der Waals surface area contributed by atoms with Crippen LogP contribution in [0.4, 0.5) is 0 Å². The minimum Gasteiger partial charge on any atom is -1.00 e. The fraction of sp³-hybridized carbons (Fsp3) is 1.00. The minimum atomic E-state index is -5.01. The molecule has 72 valence electrons. The molecule has 0 saturated carbocycles. The molecule has 0 saturated heterocycles. The van der Waals surface area contributed by atoms with Crippen LogP contribution in [0.2, 0.25) is 0 Å². The third-order valence-corrected chi connectivity index (χ3v) is 2.81. The van der Waals surface area contributed by atoms with E-state index in [0.29, 0.717) is 0 Å². The molecule has 0 rings (SSSR count). The van der Waals surface area contributed by atoms with E-state index < -0.39 is 21.7 Å². The van der Waals surface area contributed by atoms with Gasteiger partial charge in [0.2, 0.25) is 0 Å². The summed E-state index contributed by atoms with van der Waals surface area (Å²) in [6.07, 6.45) is 0. The van der Waals surface area contributed by atoms with E-state index in [4.69, 9.17) is 26.3 Å². The van der Waals surface area contributed by atoms with Gasteiger partial charge in [0.25, 0.3) is 0 Å². The smallest absolute Gasteiger partial charge is 1.00 e. The summed E-state index contributed by atoms with van der Waals surface area (Å²) in [6, 6.07) is -0.701. The second-order valence-corrected chi connectivity index (χ2v) is 4.33. The number of phosphoric ester groups is 1. The van der Waals surface area contributed by atoms with E-state index in [2.05, 4.69) is 8.83 Å². The Hall–Kier alpha value is 2.55. The van der Waals surface area contributed by atoms with Gasteiger partial charge in [-0.3, -0.25) is 4.52 Å². The molecule has 0 aliphatic carbocycles.